The van der Waals surface area contributed by atoms with Gasteiger partial charge in [0.25, 0.3) is 0 Å². The second-order valence-corrected chi connectivity index (χ2v) is 8.60. The molecule has 134 valence electrons. The number of fused-ring (bicyclic) bond motifs is 3. The van der Waals surface area contributed by atoms with Gasteiger partial charge in [-0.05, 0) is 43.2 Å². The van der Waals surface area contributed by atoms with E-state index in [1.54, 1.807) is 0 Å². The van der Waals surface area contributed by atoms with Crippen molar-refractivity contribution in [3.63, 3.8) is 0 Å². The van der Waals surface area contributed by atoms with Crippen LogP contribution in [-0.4, -0.2) is 60.1 Å². The Labute approximate surface area is 150 Å². The first-order valence-corrected chi connectivity index (χ1v) is 9.96. The number of nitrogens with zero attached hydrogens (tertiary/aromatic N) is 4. The van der Waals surface area contributed by atoms with E-state index in [9.17, 15) is 4.79 Å². The monoisotopic (exact) mass is 340 g/mol. The Kier molecular flexibility index (Phi) is 3.83. The quantitative estimate of drug-likeness (QED) is 0.789. The summed E-state index contributed by atoms with van der Waals surface area (Å²) in [7, 11) is 0. The zero-order valence-electron chi connectivity index (χ0n) is 14.9. The van der Waals surface area contributed by atoms with Crippen LogP contribution in [0.25, 0.3) is 0 Å². The number of urea groups is 1. The third-order valence-corrected chi connectivity index (χ3v) is 6.85. The van der Waals surface area contributed by atoms with Gasteiger partial charge in [0.05, 0.1) is 0 Å². The van der Waals surface area contributed by atoms with E-state index >= 15 is 0 Å². The van der Waals surface area contributed by atoms with Crippen molar-refractivity contribution < 1.29 is 4.79 Å². The molecule has 0 aromatic carbocycles. The van der Waals surface area contributed by atoms with Gasteiger partial charge in [-0.3, -0.25) is 0 Å². The molecule has 5 heteroatoms. The van der Waals surface area contributed by atoms with Gasteiger partial charge in [0.1, 0.15) is 5.82 Å². The molecule has 2 amide bonds. The van der Waals surface area contributed by atoms with Gasteiger partial charge in [0, 0.05) is 57.3 Å². The lowest BCUT2D eigenvalue weighted by atomic mass is 9.78. The van der Waals surface area contributed by atoms with Crippen molar-refractivity contribution in [1.82, 2.24) is 14.8 Å². The molecule has 4 fully saturated rings. The van der Waals surface area contributed by atoms with Crippen molar-refractivity contribution in [3.05, 3.63) is 24.4 Å². The summed E-state index contributed by atoms with van der Waals surface area (Å²) in [5.74, 6) is 3.82. The van der Waals surface area contributed by atoms with E-state index < -0.39 is 0 Å². The molecule has 4 heterocycles. The molecule has 4 aliphatic rings. The number of anilines is 1. The predicted octanol–water partition coefficient (Wildman–Crippen LogP) is 2.69. The molecule has 1 aliphatic carbocycles. The molecular formula is C20H28N4O. The van der Waals surface area contributed by atoms with E-state index in [2.05, 4.69) is 31.8 Å². The summed E-state index contributed by atoms with van der Waals surface area (Å²) in [6.07, 6.45) is 7.24. The van der Waals surface area contributed by atoms with Crippen molar-refractivity contribution in [3.8, 4) is 0 Å². The normalized spacial score (nSPS) is 34.3. The summed E-state index contributed by atoms with van der Waals surface area (Å²) in [5, 5.41) is 0. The molecule has 3 aliphatic heterocycles. The Bertz CT molecular complexity index is 610. The molecule has 5 rings (SSSR count). The van der Waals surface area contributed by atoms with Crippen molar-refractivity contribution in [1.29, 1.82) is 0 Å². The SMILES string of the molecule is O=C(N1CC2CCCC(C2)C1)N1C[C@@H]2CN(c3ccccn3)C[C@@H]2C1. The van der Waals surface area contributed by atoms with Gasteiger partial charge in [0.15, 0.2) is 0 Å². The number of amides is 2. The smallest absolute Gasteiger partial charge is 0.320 e. The van der Waals surface area contributed by atoms with E-state index in [1.807, 2.05) is 12.3 Å². The molecule has 2 unspecified atom stereocenters. The second kappa shape index (κ2) is 6.19. The van der Waals surface area contributed by atoms with Gasteiger partial charge < -0.3 is 14.7 Å². The Morgan fingerprint density at radius 2 is 1.60 bits per heavy atom. The van der Waals surface area contributed by atoms with Crippen molar-refractivity contribution in [2.45, 2.75) is 25.7 Å². The largest absolute Gasteiger partial charge is 0.356 e. The summed E-state index contributed by atoms with van der Waals surface area (Å²) in [6.45, 7) is 5.94. The van der Waals surface area contributed by atoms with Crippen molar-refractivity contribution >= 4 is 11.8 Å². The molecule has 1 aromatic heterocycles. The van der Waals surface area contributed by atoms with Crippen LogP contribution in [0.15, 0.2) is 24.4 Å². The highest BCUT2D eigenvalue weighted by atomic mass is 16.2. The fraction of sp³-hybridized carbons (Fsp3) is 0.700. The van der Waals surface area contributed by atoms with E-state index in [1.165, 1.54) is 25.7 Å². The number of likely N-dealkylation sites (tertiary alicyclic amines) is 2. The van der Waals surface area contributed by atoms with Gasteiger partial charge in [-0.2, -0.15) is 0 Å². The lowest BCUT2D eigenvalue weighted by Crippen LogP contribution is -2.51. The lowest BCUT2D eigenvalue weighted by molar-refractivity contribution is 0.0855. The lowest BCUT2D eigenvalue weighted by Gasteiger charge is -2.42. The summed E-state index contributed by atoms with van der Waals surface area (Å²) in [5.41, 5.74) is 0. The van der Waals surface area contributed by atoms with Crippen LogP contribution in [0.1, 0.15) is 25.7 Å². The van der Waals surface area contributed by atoms with Crippen LogP contribution in [0.4, 0.5) is 10.6 Å². The van der Waals surface area contributed by atoms with E-state index in [0.717, 1.165) is 56.9 Å². The first-order valence-electron chi connectivity index (χ1n) is 9.96. The third-order valence-electron chi connectivity index (χ3n) is 6.85. The molecule has 2 bridgehead atoms. The minimum absolute atomic E-state index is 0.315. The van der Waals surface area contributed by atoms with Crippen LogP contribution in [0.3, 0.4) is 0 Å². The molecule has 0 radical (unpaired) electrons. The Balaban J connectivity index is 1.20. The summed E-state index contributed by atoms with van der Waals surface area (Å²) in [6, 6.07) is 6.43. The van der Waals surface area contributed by atoms with Crippen molar-refractivity contribution in [2.24, 2.45) is 23.7 Å². The second-order valence-electron chi connectivity index (χ2n) is 8.60. The van der Waals surface area contributed by atoms with Gasteiger partial charge in [-0.1, -0.05) is 12.5 Å². The summed E-state index contributed by atoms with van der Waals surface area (Å²) in [4.78, 5) is 24.2. The molecule has 25 heavy (non-hydrogen) atoms. The molecule has 0 spiro atoms. The zero-order valence-corrected chi connectivity index (χ0v) is 14.9. The van der Waals surface area contributed by atoms with Crippen LogP contribution in [0.2, 0.25) is 0 Å². The standard InChI is InChI=1S/C20H28N4O/c25-20(23-9-15-4-3-5-16(8-15)10-23)24-13-17-11-22(12-18(17)14-24)19-6-1-2-7-21-19/h1-2,6-7,15-18H,3-5,8-14H2/t15?,16?,17-,18+. The molecule has 5 nitrogen and oxygen atoms in total. The van der Waals surface area contributed by atoms with Gasteiger partial charge in [-0.15, -0.1) is 0 Å². The van der Waals surface area contributed by atoms with Crippen LogP contribution < -0.4 is 4.90 Å². The number of piperidine rings is 1. The fourth-order valence-corrected chi connectivity index (χ4v) is 5.67. The first kappa shape index (κ1) is 15.5. The highest BCUT2D eigenvalue weighted by Gasteiger charge is 2.44. The van der Waals surface area contributed by atoms with Crippen LogP contribution in [0.5, 0.6) is 0 Å². The number of hydrogen-bond donors (Lipinski definition) is 0. The predicted molar refractivity (Wildman–Crippen MR) is 97.4 cm³/mol. The average Bonchev–Trinajstić information content (AvgIpc) is 3.20. The van der Waals surface area contributed by atoms with E-state index in [4.69, 9.17) is 0 Å². The molecule has 0 N–H and O–H groups in total. The minimum atomic E-state index is 0.315. The number of aromatic nitrogens is 1. The highest BCUT2D eigenvalue weighted by Crippen LogP contribution is 2.37. The minimum Gasteiger partial charge on any atom is -0.356 e. The maximum Gasteiger partial charge on any atom is 0.320 e. The first-order chi connectivity index (χ1) is 12.3. The summed E-state index contributed by atoms with van der Waals surface area (Å²) >= 11 is 0. The Morgan fingerprint density at radius 1 is 0.920 bits per heavy atom. The molecule has 1 saturated carbocycles. The molecule has 3 saturated heterocycles. The third kappa shape index (κ3) is 2.87. The highest BCUT2D eigenvalue weighted by molar-refractivity contribution is 5.75. The van der Waals surface area contributed by atoms with Gasteiger partial charge in [-0.25, -0.2) is 9.78 Å². The maximum atomic E-state index is 13.0. The fourth-order valence-electron chi connectivity index (χ4n) is 5.67. The number of rotatable bonds is 1. The summed E-state index contributed by atoms with van der Waals surface area (Å²) < 4.78 is 0. The Morgan fingerprint density at radius 3 is 2.24 bits per heavy atom. The van der Waals surface area contributed by atoms with Crippen LogP contribution >= 0.6 is 0 Å². The molecule has 4 atom stereocenters. The van der Waals surface area contributed by atoms with Crippen LogP contribution in [0, 0.1) is 23.7 Å². The zero-order chi connectivity index (χ0) is 16.8. The number of pyridine rings is 1. The van der Waals surface area contributed by atoms with Gasteiger partial charge in [0.2, 0.25) is 0 Å². The van der Waals surface area contributed by atoms with E-state index in [0.29, 0.717) is 17.9 Å². The number of hydrogen-bond acceptors (Lipinski definition) is 3. The van der Waals surface area contributed by atoms with Crippen LogP contribution in [-0.2, 0) is 0 Å². The molecule has 1 aromatic rings. The maximum absolute atomic E-state index is 13.0. The number of carbonyl (C=O) groups is 1. The number of carbonyl (C=O) groups excluding carboxylic acids is 1. The average molecular weight is 340 g/mol. The van der Waals surface area contributed by atoms with Gasteiger partial charge >= 0.3 is 6.03 Å². The topological polar surface area (TPSA) is 39.7 Å². The van der Waals surface area contributed by atoms with Crippen molar-refractivity contribution in [2.75, 3.05) is 44.2 Å². The molecular weight excluding hydrogens is 312 g/mol. The van der Waals surface area contributed by atoms with E-state index in [-0.39, 0.29) is 0 Å². The Hall–Kier alpha value is -1.78.